The van der Waals surface area contributed by atoms with Crippen LogP contribution < -0.4 is 16.8 Å². The van der Waals surface area contributed by atoms with Gasteiger partial charge < -0.3 is 21.3 Å². The lowest BCUT2D eigenvalue weighted by molar-refractivity contribution is -0.124. The van der Waals surface area contributed by atoms with Crippen molar-refractivity contribution in [1.82, 2.24) is 15.1 Å². The number of anilines is 2. The van der Waals surface area contributed by atoms with Crippen molar-refractivity contribution in [1.29, 1.82) is 0 Å². The lowest BCUT2D eigenvalue weighted by atomic mass is 9.64. The number of nitrogen functional groups attached to an aromatic ring is 1. The third-order valence-electron chi connectivity index (χ3n) is 6.66. The number of allylic oxidation sites excluding steroid dienone is 1. The van der Waals surface area contributed by atoms with E-state index in [4.69, 9.17) is 16.0 Å². The zero-order valence-corrected chi connectivity index (χ0v) is 20.5. The van der Waals surface area contributed by atoms with Gasteiger partial charge in [-0.25, -0.2) is 14.4 Å². The Kier molecular flexibility index (Phi) is 6.94. The number of nitrogens with zero attached hydrogens (tertiary/aromatic N) is 4. The Morgan fingerprint density at radius 1 is 1.13 bits per heavy atom. The van der Waals surface area contributed by atoms with Gasteiger partial charge in [-0.1, -0.05) is 60.1 Å². The molecule has 9 nitrogen and oxygen atoms in total. The molecule has 1 fully saturated rings. The minimum Gasteiger partial charge on any atom is -0.396 e. The van der Waals surface area contributed by atoms with Gasteiger partial charge in [0.25, 0.3) is 0 Å². The lowest BCUT2D eigenvalue weighted by Crippen LogP contribution is -2.46. The number of nitrogens with two attached hydrogens (primary N) is 2. The highest BCUT2D eigenvalue weighted by atomic mass is 19.1. The van der Waals surface area contributed by atoms with Crippen LogP contribution in [0.15, 0.2) is 88.7 Å². The summed E-state index contributed by atoms with van der Waals surface area (Å²) in [6.45, 7) is 0.0653. The summed E-state index contributed by atoms with van der Waals surface area (Å²) in [5.74, 6) is -0.287. The normalized spacial score (nSPS) is 15.1. The van der Waals surface area contributed by atoms with E-state index in [-0.39, 0.29) is 35.6 Å². The van der Waals surface area contributed by atoms with Crippen molar-refractivity contribution in [2.75, 3.05) is 11.1 Å². The fourth-order valence-corrected chi connectivity index (χ4v) is 4.36. The largest absolute Gasteiger partial charge is 0.396 e. The van der Waals surface area contributed by atoms with E-state index in [9.17, 15) is 9.18 Å². The van der Waals surface area contributed by atoms with E-state index in [1.54, 1.807) is 24.3 Å². The van der Waals surface area contributed by atoms with E-state index in [0.717, 1.165) is 24.8 Å². The number of aromatic nitrogens is 3. The molecule has 4 aromatic rings. The molecule has 2 heterocycles. The zero-order chi connectivity index (χ0) is 26.5. The van der Waals surface area contributed by atoms with E-state index in [0.29, 0.717) is 22.7 Å². The van der Waals surface area contributed by atoms with Gasteiger partial charge in [0.05, 0.1) is 29.6 Å². The van der Waals surface area contributed by atoms with Gasteiger partial charge in [0.1, 0.15) is 23.5 Å². The zero-order valence-electron chi connectivity index (χ0n) is 20.5. The third kappa shape index (κ3) is 5.01. The predicted molar refractivity (Wildman–Crippen MR) is 142 cm³/mol. The first kappa shape index (κ1) is 24.8. The van der Waals surface area contributed by atoms with Crippen molar-refractivity contribution in [3.05, 3.63) is 108 Å². The Labute approximate surface area is 218 Å². The third-order valence-corrected chi connectivity index (χ3v) is 6.66. The summed E-state index contributed by atoms with van der Waals surface area (Å²) in [6, 6.07) is 17.7. The molecule has 0 radical (unpaired) electrons. The molecular formula is C28H26FN7O2. The maximum absolute atomic E-state index is 14.1. The SMILES string of the molecule is NC(=CC(=NCc1ccccc1F)c1ccon1)c1ncc(NC(=O)C2(c3ccccc3)CCC2)c(N)n1. The number of nitrogens with one attached hydrogen (secondary N) is 1. The molecule has 1 aliphatic carbocycles. The van der Waals surface area contributed by atoms with Crippen molar-refractivity contribution in [3.8, 4) is 0 Å². The topological polar surface area (TPSA) is 145 Å². The van der Waals surface area contributed by atoms with Crippen molar-refractivity contribution < 1.29 is 13.7 Å². The van der Waals surface area contributed by atoms with Crippen LogP contribution in [-0.4, -0.2) is 26.7 Å². The molecule has 0 spiro atoms. The Hall–Kier alpha value is -4.86. The van der Waals surface area contributed by atoms with Gasteiger partial charge in [0.2, 0.25) is 5.91 Å². The second-order valence-corrected chi connectivity index (χ2v) is 9.03. The van der Waals surface area contributed by atoms with Crippen LogP contribution in [-0.2, 0) is 16.8 Å². The molecule has 0 saturated heterocycles. The lowest BCUT2D eigenvalue weighted by Gasteiger charge is -2.40. The molecule has 10 heteroatoms. The van der Waals surface area contributed by atoms with Crippen molar-refractivity contribution in [2.45, 2.75) is 31.2 Å². The Bertz CT molecular complexity index is 1500. The smallest absolute Gasteiger partial charge is 0.235 e. The second kappa shape index (κ2) is 10.6. The van der Waals surface area contributed by atoms with E-state index in [1.165, 1.54) is 24.6 Å². The molecule has 0 bridgehead atoms. The first-order valence-electron chi connectivity index (χ1n) is 12.1. The monoisotopic (exact) mass is 511 g/mol. The molecule has 5 N–H and O–H groups in total. The van der Waals surface area contributed by atoms with Gasteiger partial charge in [-0.2, -0.15) is 0 Å². The molecule has 192 valence electrons. The molecule has 0 atom stereocenters. The first-order valence-corrected chi connectivity index (χ1v) is 12.1. The fraction of sp³-hybridized carbons (Fsp3) is 0.179. The number of amides is 1. The Morgan fingerprint density at radius 2 is 1.89 bits per heavy atom. The number of hydrogen-bond acceptors (Lipinski definition) is 8. The van der Waals surface area contributed by atoms with E-state index in [2.05, 4.69) is 25.4 Å². The molecule has 2 aromatic carbocycles. The van der Waals surface area contributed by atoms with Gasteiger partial charge >= 0.3 is 0 Å². The standard InChI is InChI=1S/C28H26FN7O2/c29-20-10-5-4-7-18(20)16-32-23(22-11-14-38-36-22)15-21(30)26-33-17-24(25(31)35-26)34-27(37)28(12-6-13-28)19-8-2-1-3-9-19/h1-5,7-11,14-15,17H,6,12-13,16,30H2,(H,34,37)(H2,31,33,35). The van der Waals surface area contributed by atoms with Gasteiger partial charge in [-0.05, 0) is 30.5 Å². The molecule has 0 unspecified atom stereocenters. The van der Waals surface area contributed by atoms with Crippen LogP contribution in [0.1, 0.15) is 41.9 Å². The molecule has 5 rings (SSSR count). The fourth-order valence-electron chi connectivity index (χ4n) is 4.36. The highest BCUT2D eigenvalue weighted by Gasteiger charge is 2.45. The van der Waals surface area contributed by atoms with Crippen LogP contribution in [0.3, 0.4) is 0 Å². The number of halogens is 1. The van der Waals surface area contributed by atoms with Crippen molar-refractivity contribution in [3.63, 3.8) is 0 Å². The van der Waals surface area contributed by atoms with E-state index >= 15 is 0 Å². The summed E-state index contributed by atoms with van der Waals surface area (Å²) < 4.78 is 19.0. The number of carbonyl (C=O) groups is 1. The summed E-state index contributed by atoms with van der Waals surface area (Å²) in [5.41, 5.74) is 14.5. The molecule has 1 saturated carbocycles. The van der Waals surface area contributed by atoms with E-state index < -0.39 is 5.41 Å². The van der Waals surface area contributed by atoms with Crippen LogP contribution in [0.4, 0.5) is 15.9 Å². The predicted octanol–water partition coefficient (Wildman–Crippen LogP) is 4.24. The second-order valence-electron chi connectivity index (χ2n) is 9.03. The highest BCUT2D eigenvalue weighted by Crippen LogP contribution is 2.44. The Balaban J connectivity index is 1.37. The maximum atomic E-state index is 14.1. The van der Waals surface area contributed by atoms with Crippen molar-refractivity contribution in [2.24, 2.45) is 10.7 Å². The van der Waals surface area contributed by atoms with Crippen LogP contribution in [0, 0.1) is 5.82 Å². The number of benzene rings is 2. The number of aliphatic imine (C=N–C) groups is 1. The Morgan fingerprint density at radius 3 is 2.55 bits per heavy atom. The summed E-state index contributed by atoms with van der Waals surface area (Å²) >= 11 is 0. The average Bonchev–Trinajstić information content (AvgIpc) is 3.43. The van der Waals surface area contributed by atoms with Gasteiger partial charge in [0, 0.05) is 11.6 Å². The van der Waals surface area contributed by atoms with Crippen LogP contribution in [0.5, 0.6) is 0 Å². The molecule has 2 aromatic heterocycles. The minimum atomic E-state index is -0.591. The molecule has 38 heavy (non-hydrogen) atoms. The maximum Gasteiger partial charge on any atom is 0.235 e. The number of rotatable bonds is 8. The van der Waals surface area contributed by atoms with Gasteiger partial charge in [0.15, 0.2) is 11.6 Å². The van der Waals surface area contributed by atoms with Crippen LogP contribution in [0.2, 0.25) is 0 Å². The quantitative estimate of drug-likeness (QED) is 0.300. The average molecular weight is 512 g/mol. The molecule has 1 aliphatic rings. The number of hydrogen-bond donors (Lipinski definition) is 3. The highest BCUT2D eigenvalue weighted by molar-refractivity contribution is 6.10. The summed E-state index contributed by atoms with van der Waals surface area (Å²) in [5, 5.41) is 6.80. The van der Waals surface area contributed by atoms with Crippen LogP contribution >= 0.6 is 0 Å². The van der Waals surface area contributed by atoms with Gasteiger partial charge in [-0.15, -0.1) is 0 Å². The van der Waals surface area contributed by atoms with Crippen LogP contribution in [0.25, 0.3) is 5.70 Å². The molecule has 1 amide bonds. The van der Waals surface area contributed by atoms with Crippen molar-refractivity contribution >= 4 is 28.8 Å². The van der Waals surface area contributed by atoms with E-state index in [1.807, 2.05) is 30.3 Å². The molecular weight excluding hydrogens is 485 g/mol. The molecule has 0 aliphatic heterocycles. The first-order chi connectivity index (χ1) is 18.5. The summed E-state index contributed by atoms with van der Waals surface area (Å²) in [4.78, 5) is 26.3. The number of carbonyl (C=O) groups excluding carboxylic acids is 1. The summed E-state index contributed by atoms with van der Waals surface area (Å²) in [7, 11) is 0. The minimum absolute atomic E-state index is 0.0653. The summed E-state index contributed by atoms with van der Waals surface area (Å²) in [6.07, 6.45) is 6.84. The van der Waals surface area contributed by atoms with Gasteiger partial charge in [-0.3, -0.25) is 9.79 Å².